The zero-order valence-electron chi connectivity index (χ0n) is 10.6. The average Bonchev–Trinajstić information content (AvgIpc) is 1.79. The Bertz CT molecular complexity index is 622. The third-order valence-corrected chi connectivity index (χ3v) is 0. The van der Waals surface area contributed by atoms with Gasteiger partial charge in [0.15, 0.2) is 0 Å². The second-order valence-electron chi connectivity index (χ2n) is 2.24. The summed E-state index contributed by atoms with van der Waals surface area (Å²) in [5.41, 5.74) is 0. The lowest BCUT2D eigenvalue weighted by atomic mass is 15.8. The van der Waals surface area contributed by atoms with Gasteiger partial charge in [-0.2, -0.15) is 42.1 Å². The van der Waals surface area contributed by atoms with Crippen molar-refractivity contribution in [1.29, 1.82) is 0 Å². The molecule has 0 heterocycles. The lowest BCUT2D eigenvalue weighted by Crippen LogP contribution is -1.89. The molecule has 0 aliphatic carbocycles. The van der Waals surface area contributed by atoms with E-state index in [1.165, 1.54) is 0 Å². The summed E-state index contributed by atoms with van der Waals surface area (Å²) in [4.78, 5) is 0. The van der Waals surface area contributed by atoms with Crippen LogP contribution in [0, 0.1) is 0 Å². The Kier molecular flexibility index (Phi) is 40.5. The molecule has 20 nitrogen and oxygen atoms in total. The largest absolute Gasteiger partial charge is 0.394 e. The molecule has 0 aromatic carbocycles. The highest BCUT2D eigenvalue weighted by atomic mass is 32.3. The molecule has 0 aromatic heterocycles. The van der Waals surface area contributed by atoms with Crippen molar-refractivity contribution < 1.29 is 87.6 Å². The lowest BCUT2D eigenvalue weighted by molar-refractivity contribution is 0.378. The summed E-state index contributed by atoms with van der Waals surface area (Å²) in [6.45, 7) is 0. The molecule has 0 saturated heterocycles. The molecule has 0 fully saturated rings. The zero-order valence-corrected chi connectivity index (χ0v) is 14.7. The minimum Gasteiger partial charge on any atom is -0.264 e. The minimum absolute atomic E-state index is 0. The Hall–Kier alpha value is 1.65. The van der Waals surface area contributed by atoms with Crippen molar-refractivity contribution in [2.24, 2.45) is 0 Å². The van der Waals surface area contributed by atoms with E-state index < -0.39 is 52.0 Å². The Labute approximate surface area is 206 Å². The van der Waals surface area contributed by atoms with Crippen LogP contribution < -0.4 is 0 Å². The number of rotatable bonds is 0. The van der Waals surface area contributed by atoms with Gasteiger partial charge >= 0.3 is 121 Å². The first-order valence-corrected chi connectivity index (χ1v) is 10.5. The van der Waals surface area contributed by atoms with Gasteiger partial charge in [-0.25, -0.2) is 0 Å². The molecule has 0 aliphatic rings. The molecule has 0 radical (unpaired) electrons. The summed E-state index contributed by atoms with van der Waals surface area (Å²) in [5, 5.41) is 0. The van der Waals surface area contributed by atoms with Crippen LogP contribution in [0.4, 0.5) is 0 Å². The van der Waals surface area contributed by atoms with Crippen molar-refractivity contribution in [2.75, 3.05) is 0 Å². The van der Waals surface area contributed by atoms with E-state index in [-0.39, 0.29) is 69.2 Å². The van der Waals surface area contributed by atoms with Gasteiger partial charge in [-0.05, 0) is 0 Å². The average molecular weight is 569 g/mol. The molecule has 28 heteroatoms. The highest BCUT2D eigenvalue weighted by molar-refractivity contribution is 7.80. The molecule has 0 spiro atoms. The van der Waals surface area contributed by atoms with Gasteiger partial charge in [-0.1, -0.05) is 0 Å². The van der Waals surface area contributed by atoms with Crippen LogP contribution in [0.25, 0.3) is 0 Å². The van der Waals surface area contributed by atoms with Gasteiger partial charge in [-0.15, -0.1) is 0 Å². The van der Waals surface area contributed by atoms with Crippen molar-refractivity contribution in [3.05, 3.63) is 0 Å². The van der Waals surface area contributed by atoms with Crippen LogP contribution in [0.5, 0.6) is 0 Å². The SMILES string of the molecule is O=S(=O)(O)O.O=S(=O)(O)O.O=S(=O)(O)O.O=S(=O)(O)O.O=S(=O)(O)O.[MgH2].[MgH2].[MgH2]. The monoisotopic (exact) mass is 568 g/mol. The van der Waals surface area contributed by atoms with E-state index in [1.54, 1.807) is 0 Å². The smallest absolute Gasteiger partial charge is 0.264 e. The van der Waals surface area contributed by atoms with Crippen LogP contribution in [0.1, 0.15) is 0 Å². The second-order valence-corrected chi connectivity index (χ2v) is 6.72. The van der Waals surface area contributed by atoms with E-state index in [2.05, 4.69) is 0 Å². The molecule has 0 atom stereocenters. The van der Waals surface area contributed by atoms with Crippen molar-refractivity contribution in [3.8, 4) is 0 Å². The van der Waals surface area contributed by atoms with Gasteiger partial charge in [0.05, 0.1) is 0 Å². The highest BCUT2D eigenvalue weighted by Gasteiger charge is 1.86. The Morgan fingerprint density at radius 1 is 0.250 bits per heavy atom. The topological polar surface area (TPSA) is 373 Å². The summed E-state index contributed by atoms with van der Waals surface area (Å²) >= 11 is 0. The predicted molar refractivity (Wildman–Crippen MR) is 96.5 cm³/mol. The highest BCUT2D eigenvalue weighted by Crippen LogP contribution is 1.60. The Morgan fingerprint density at radius 3 is 0.250 bits per heavy atom. The van der Waals surface area contributed by atoms with E-state index in [1.807, 2.05) is 0 Å². The van der Waals surface area contributed by atoms with Crippen molar-refractivity contribution in [1.82, 2.24) is 0 Å². The third kappa shape index (κ3) is 7220. The van der Waals surface area contributed by atoms with Crippen LogP contribution in [0.3, 0.4) is 0 Å². The molecule has 10 N–H and O–H groups in total. The molecule has 0 rings (SSSR count). The summed E-state index contributed by atoms with van der Waals surface area (Å²) in [6.07, 6.45) is 0. The van der Waals surface area contributed by atoms with E-state index in [0.29, 0.717) is 0 Å². The van der Waals surface area contributed by atoms with E-state index in [0.717, 1.165) is 0 Å². The fraction of sp³-hybridized carbons (Fsp3) is 0. The molecular weight excluding hydrogens is 553 g/mol. The zero-order chi connectivity index (χ0) is 22.5. The molecule has 28 heavy (non-hydrogen) atoms. The van der Waals surface area contributed by atoms with Gasteiger partial charge in [0, 0.05) is 0 Å². The summed E-state index contributed by atoms with van der Waals surface area (Å²) < 4.78 is 158. The standard InChI is InChI=1S/3Mg.5H2O4S.6H/c;;;5*1-5(2,3)4;;;;;;/h;;;5*(H2,1,2,3,4);;;;;;. The van der Waals surface area contributed by atoms with Gasteiger partial charge in [-0.3, -0.25) is 45.5 Å². The van der Waals surface area contributed by atoms with E-state index >= 15 is 0 Å². The van der Waals surface area contributed by atoms with Crippen molar-refractivity contribution in [3.63, 3.8) is 0 Å². The van der Waals surface area contributed by atoms with Gasteiger partial charge in [0.2, 0.25) is 0 Å². The van der Waals surface area contributed by atoms with Gasteiger partial charge in [0.25, 0.3) is 0 Å². The predicted octanol–water partition coefficient (Wildman–Crippen LogP) is -6.01. The minimum atomic E-state index is -4.67. The molecule has 0 bridgehead atoms. The molecule has 0 aliphatic heterocycles. The summed E-state index contributed by atoms with van der Waals surface area (Å²) in [7, 11) is -23.3. The van der Waals surface area contributed by atoms with Crippen LogP contribution >= 0.6 is 0 Å². The molecule has 0 unspecified atom stereocenters. The normalized spacial score (nSPS) is 10.4. The first-order chi connectivity index (χ1) is 10.0. The fourth-order valence-corrected chi connectivity index (χ4v) is 0. The van der Waals surface area contributed by atoms with Crippen molar-refractivity contribution >= 4 is 121 Å². The van der Waals surface area contributed by atoms with Crippen LogP contribution in [-0.4, -0.2) is 157 Å². The van der Waals surface area contributed by atoms with Gasteiger partial charge < -0.3 is 0 Å². The quantitative estimate of drug-likeness (QED) is 0.0957. The molecule has 0 aromatic rings. The van der Waals surface area contributed by atoms with Crippen LogP contribution in [0.2, 0.25) is 0 Å². The Balaban J connectivity index is -0.0000000290. The van der Waals surface area contributed by atoms with Gasteiger partial charge in [0.1, 0.15) is 0 Å². The number of hydrogen-bond donors (Lipinski definition) is 10. The van der Waals surface area contributed by atoms with Crippen LogP contribution in [0.15, 0.2) is 0 Å². The summed E-state index contributed by atoms with van der Waals surface area (Å²) in [6, 6.07) is 0. The lowest BCUT2D eigenvalue weighted by Gasteiger charge is -1.68. The fourth-order valence-electron chi connectivity index (χ4n) is 0. The Morgan fingerprint density at radius 2 is 0.250 bits per heavy atom. The molecule has 0 amide bonds. The first kappa shape index (κ1) is 51.9. The van der Waals surface area contributed by atoms with Crippen LogP contribution in [-0.2, 0) is 52.0 Å². The third-order valence-electron chi connectivity index (χ3n) is 0. The molecule has 172 valence electrons. The maximum Gasteiger partial charge on any atom is 0.394 e. The second kappa shape index (κ2) is 21.9. The first-order valence-electron chi connectivity index (χ1n) is 3.49. The van der Waals surface area contributed by atoms with E-state index in [4.69, 9.17) is 87.6 Å². The maximum absolute atomic E-state index is 8.74. The number of hydrogen-bond acceptors (Lipinski definition) is 10. The maximum atomic E-state index is 8.74. The summed E-state index contributed by atoms with van der Waals surface area (Å²) in [5.74, 6) is 0. The molecular formula is H16Mg3O20S5. The van der Waals surface area contributed by atoms with Crippen molar-refractivity contribution in [2.45, 2.75) is 0 Å². The van der Waals surface area contributed by atoms with E-state index in [9.17, 15) is 0 Å². The molecule has 0 saturated carbocycles.